The SMILES string of the molecule is O=C(CN1CC=C(c2cnn(-c3ccccc3)c2)CC1)Nc1ccccc1F. The number of rotatable bonds is 5. The second-order valence-corrected chi connectivity index (χ2v) is 6.75. The van der Waals surface area contributed by atoms with Gasteiger partial charge >= 0.3 is 0 Å². The maximum atomic E-state index is 13.6. The number of nitrogens with zero attached hydrogens (tertiary/aromatic N) is 3. The number of amides is 1. The van der Waals surface area contributed by atoms with Gasteiger partial charge in [-0.2, -0.15) is 5.10 Å². The summed E-state index contributed by atoms with van der Waals surface area (Å²) in [6, 6.07) is 16.2. The van der Waals surface area contributed by atoms with Crippen molar-refractivity contribution in [3.05, 3.63) is 84.4 Å². The van der Waals surface area contributed by atoms with Gasteiger partial charge in [0, 0.05) is 24.8 Å². The first-order chi connectivity index (χ1) is 13.7. The predicted molar refractivity (Wildman–Crippen MR) is 108 cm³/mol. The lowest BCUT2D eigenvalue weighted by Crippen LogP contribution is -2.36. The van der Waals surface area contributed by atoms with Crippen LogP contribution in [0.15, 0.2) is 73.1 Å². The van der Waals surface area contributed by atoms with Crippen molar-refractivity contribution in [3.63, 3.8) is 0 Å². The highest BCUT2D eigenvalue weighted by Crippen LogP contribution is 2.23. The van der Waals surface area contributed by atoms with E-state index in [0.717, 1.165) is 24.2 Å². The first-order valence-electron chi connectivity index (χ1n) is 9.25. The van der Waals surface area contributed by atoms with Gasteiger partial charge in [0.25, 0.3) is 0 Å². The van der Waals surface area contributed by atoms with Crippen LogP contribution >= 0.6 is 0 Å². The molecule has 0 saturated heterocycles. The highest BCUT2D eigenvalue weighted by Gasteiger charge is 2.17. The summed E-state index contributed by atoms with van der Waals surface area (Å²) in [7, 11) is 0. The van der Waals surface area contributed by atoms with Gasteiger partial charge in [0.05, 0.1) is 24.1 Å². The normalized spacial score (nSPS) is 14.5. The van der Waals surface area contributed by atoms with Crippen molar-refractivity contribution in [3.8, 4) is 5.69 Å². The van der Waals surface area contributed by atoms with Crippen LogP contribution in [0.1, 0.15) is 12.0 Å². The van der Waals surface area contributed by atoms with Crippen LogP contribution in [-0.4, -0.2) is 40.2 Å². The van der Waals surface area contributed by atoms with Gasteiger partial charge in [-0.1, -0.05) is 36.4 Å². The Balaban J connectivity index is 1.35. The molecule has 5 nitrogen and oxygen atoms in total. The molecular formula is C22H21FN4O. The van der Waals surface area contributed by atoms with Crippen molar-refractivity contribution in [1.29, 1.82) is 0 Å². The molecule has 0 fully saturated rings. The first kappa shape index (κ1) is 18.1. The van der Waals surface area contributed by atoms with E-state index in [0.29, 0.717) is 6.54 Å². The van der Waals surface area contributed by atoms with Gasteiger partial charge in [-0.05, 0) is 36.3 Å². The molecule has 1 amide bonds. The molecule has 1 aromatic heterocycles. The third kappa shape index (κ3) is 4.18. The van der Waals surface area contributed by atoms with Crippen LogP contribution in [0.5, 0.6) is 0 Å². The smallest absolute Gasteiger partial charge is 0.238 e. The third-order valence-electron chi connectivity index (χ3n) is 4.78. The van der Waals surface area contributed by atoms with Gasteiger partial charge in [-0.3, -0.25) is 9.69 Å². The minimum atomic E-state index is -0.424. The summed E-state index contributed by atoms with van der Waals surface area (Å²) in [5.74, 6) is -0.633. The van der Waals surface area contributed by atoms with E-state index in [-0.39, 0.29) is 18.1 Å². The standard InChI is InChI=1S/C22H21FN4O/c23-20-8-4-5-9-21(20)25-22(28)16-26-12-10-17(11-13-26)18-14-24-27(15-18)19-6-2-1-3-7-19/h1-10,14-15H,11-13,16H2,(H,25,28). The Labute approximate surface area is 163 Å². The van der Waals surface area contributed by atoms with Crippen molar-refractivity contribution in [2.45, 2.75) is 6.42 Å². The van der Waals surface area contributed by atoms with Crippen LogP contribution in [0.4, 0.5) is 10.1 Å². The molecule has 142 valence electrons. The van der Waals surface area contributed by atoms with Crippen molar-refractivity contribution in [2.75, 3.05) is 25.0 Å². The number of para-hydroxylation sites is 2. The Kier molecular flexibility index (Phi) is 5.30. The van der Waals surface area contributed by atoms with Gasteiger partial charge < -0.3 is 5.32 Å². The molecular weight excluding hydrogens is 355 g/mol. The molecule has 3 aromatic rings. The Morgan fingerprint density at radius 2 is 1.89 bits per heavy atom. The fourth-order valence-electron chi connectivity index (χ4n) is 3.28. The van der Waals surface area contributed by atoms with E-state index in [4.69, 9.17) is 0 Å². The number of anilines is 1. The summed E-state index contributed by atoms with van der Waals surface area (Å²) >= 11 is 0. The zero-order chi connectivity index (χ0) is 19.3. The highest BCUT2D eigenvalue weighted by molar-refractivity contribution is 5.92. The van der Waals surface area contributed by atoms with Gasteiger partial charge in [-0.15, -0.1) is 0 Å². The van der Waals surface area contributed by atoms with Crippen LogP contribution in [0.25, 0.3) is 11.3 Å². The summed E-state index contributed by atoms with van der Waals surface area (Å²) in [5.41, 5.74) is 3.57. The largest absolute Gasteiger partial charge is 0.322 e. The number of aromatic nitrogens is 2. The van der Waals surface area contributed by atoms with Crippen molar-refractivity contribution >= 4 is 17.2 Å². The quantitative estimate of drug-likeness (QED) is 0.738. The first-order valence-corrected chi connectivity index (χ1v) is 9.25. The summed E-state index contributed by atoms with van der Waals surface area (Å²) in [6.45, 7) is 1.69. The number of nitrogens with one attached hydrogen (secondary N) is 1. The molecule has 4 rings (SSSR count). The summed E-state index contributed by atoms with van der Waals surface area (Å²) in [6.07, 6.45) is 6.88. The van der Waals surface area contributed by atoms with E-state index in [1.807, 2.05) is 52.3 Å². The lowest BCUT2D eigenvalue weighted by Gasteiger charge is -2.25. The zero-order valence-electron chi connectivity index (χ0n) is 15.4. The average Bonchev–Trinajstić information content (AvgIpc) is 3.21. The van der Waals surface area contributed by atoms with Gasteiger partial charge in [-0.25, -0.2) is 9.07 Å². The van der Waals surface area contributed by atoms with Gasteiger partial charge in [0.2, 0.25) is 5.91 Å². The molecule has 1 N–H and O–H groups in total. The topological polar surface area (TPSA) is 50.2 Å². The van der Waals surface area contributed by atoms with Gasteiger partial charge in [0.15, 0.2) is 0 Å². The number of hydrogen-bond donors (Lipinski definition) is 1. The molecule has 28 heavy (non-hydrogen) atoms. The number of carbonyl (C=O) groups excluding carboxylic acids is 1. The minimum absolute atomic E-state index is 0.209. The number of hydrogen-bond acceptors (Lipinski definition) is 3. The average molecular weight is 376 g/mol. The van der Waals surface area contributed by atoms with Crippen molar-refractivity contribution in [1.82, 2.24) is 14.7 Å². The molecule has 2 heterocycles. The molecule has 0 aliphatic carbocycles. The Morgan fingerprint density at radius 3 is 2.64 bits per heavy atom. The zero-order valence-corrected chi connectivity index (χ0v) is 15.4. The Hall–Kier alpha value is -3.25. The minimum Gasteiger partial charge on any atom is -0.322 e. The lowest BCUT2D eigenvalue weighted by atomic mass is 10.0. The summed E-state index contributed by atoms with van der Waals surface area (Å²) in [4.78, 5) is 14.2. The monoisotopic (exact) mass is 376 g/mol. The van der Waals surface area contributed by atoms with E-state index < -0.39 is 5.82 Å². The molecule has 1 aliphatic heterocycles. The van der Waals surface area contributed by atoms with Crippen LogP contribution in [-0.2, 0) is 4.79 Å². The number of benzene rings is 2. The van der Waals surface area contributed by atoms with E-state index >= 15 is 0 Å². The molecule has 6 heteroatoms. The predicted octanol–water partition coefficient (Wildman–Crippen LogP) is 3.74. The van der Waals surface area contributed by atoms with E-state index in [2.05, 4.69) is 16.5 Å². The van der Waals surface area contributed by atoms with Crippen molar-refractivity contribution < 1.29 is 9.18 Å². The van der Waals surface area contributed by atoms with Gasteiger partial charge in [0.1, 0.15) is 5.82 Å². The summed E-state index contributed by atoms with van der Waals surface area (Å²) < 4.78 is 15.5. The second-order valence-electron chi connectivity index (χ2n) is 6.75. The van der Waals surface area contributed by atoms with Crippen LogP contribution in [0.2, 0.25) is 0 Å². The lowest BCUT2D eigenvalue weighted by molar-refractivity contribution is -0.117. The molecule has 1 aliphatic rings. The fraction of sp³-hybridized carbons (Fsp3) is 0.182. The maximum Gasteiger partial charge on any atom is 0.238 e. The summed E-state index contributed by atoms with van der Waals surface area (Å²) in [5, 5.41) is 7.08. The number of halogens is 1. The van der Waals surface area contributed by atoms with Crippen LogP contribution < -0.4 is 5.32 Å². The third-order valence-corrected chi connectivity index (χ3v) is 4.78. The van der Waals surface area contributed by atoms with E-state index in [1.165, 1.54) is 11.6 Å². The maximum absolute atomic E-state index is 13.6. The Bertz CT molecular complexity index is 997. The number of carbonyl (C=O) groups is 1. The highest BCUT2D eigenvalue weighted by atomic mass is 19.1. The molecule has 0 atom stereocenters. The molecule has 0 bridgehead atoms. The fourth-order valence-corrected chi connectivity index (χ4v) is 3.28. The molecule has 0 radical (unpaired) electrons. The molecule has 0 saturated carbocycles. The molecule has 0 unspecified atom stereocenters. The Morgan fingerprint density at radius 1 is 1.11 bits per heavy atom. The van der Waals surface area contributed by atoms with E-state index in [9.17, 15) is 9.18 Å². The second kappa shape index (κ2) is 8.19. The van der Waals surface area contributed by atoms with Crippen LogP contribution in [0.3, 0.4) is 0 Å². The molecule has 2 aromatic carbocycles. The molecule has 0 spiro atoms. The van der Waals surface area contributed by atoms with Crippen LogP contribution in [0, 0.1) is 5.82 Å². The van der Waals surface area contributed by atoms with Crippen molar-refractivity contribution in [2.24, 2.45) is 0 Å². The van der Waals surface area contributed by atoms with E-state index in [1.54, 1.807) is 18.2 Å².